The molecule has 0 aromatic heterocycles. The largest absolute Gasteiger partial charge is 0.385 e. The Morgan fingerprint density at radius 1 is 1.21 bits per heavy atom. The minimum Gasteiger partial charge on any atom is -0.385 e. The molecule has 1 aliphatic carbocycles. The Hall–Kier alpha value is -2.74. The van der Waals surface area contributed by atoms with Gasteiger partial charge in [-0.1, -0.05) is 69.5 Å². The van der Waals surface area contributed by atoms with Crippen molar-refractivity contribution in [3.05, 3.63) is 96.3 Å². The van der Waals surface area contributed by atoms with E-state index < -0.39 is 0 Å². The van der Waals surface area contributed by atoms with Crippen LogP contribution < -0.4 is 10.6 Å². The number of hydrogen-bond acceptors (Lipinski definition) is 2. The number of hydrogen-bond donors (Lipinski definition) is 2. The Kier molecular flexibility index (Phi) is 11.0. The van der Waals surface area contributed by atoms with Crippen LogP contribution in [0.5, 0.6) is 0 Å². The van der Waals surface area contributed by atoms with Crippen molar-refractivity contribution in [2.45, 2.75) is 66.2 Å². The van der Waals surface area contributed by atoms with Crippen molar-refractivity contribution in [3.8, 4) is 0 Å². The summed E-state index contributed by atoms with van der Waals surface area (Å²) in [6, 6.07) is 6.49. The van der Waals surface area contributed by atoms with Gasteiger partial charge in [-0.2, -0.15) is 0 Å². The topological polar surface area (TPSA) is 24.1 Å². The molecule has 2 heteroatoms. The van der Waals surface area contributed by atoms with Gasteiger partial charge in [-0.25, -0.2) is 0 Å². The molecule has 2 unspecified atom stereocenters. The van der Waals surface area contributed by atoms with Gasteiger partial charge in [-0.3, -0.25) is 0 Å². The molecule has 33 heavy (non-hydrogen) atoms. The van der Waals surface area contributed by atoms with Crippen LogP contribution in [0.4, 0.5) is 0 Å². The zero-order chi connectivity index (χ0) is 24.2. The van der Waals surface area contributed by atoms with Gasteiger partial charge in [0.25, 0.3) is 0 Å². The van der Waals surface area contributed by atoms with Gasteiger partial charge in [0.05, 0.1) is 0 Å². The molecular formula is C31H44N2. The minimum atomic E-state index is 0.603. The molecule has 2 nitrogen and oxygen atoms in total. The van der Waals surface area contributed by atoms with E-state index in [1.54, 1.807) is 0 Å². The monoisotopic (exact) mass is 444 g/mol. The summed E-state index contributed by atoms with van der Waals surface area (Å²) in [4.78, 5) is 0. The SMILES string of the molecule is C=CCC/C(=C\C)NC(=C)c1cc(C(=C)NCCC(CC)C2=CCC(CC)C=C2)ccc1C. The maximum Gasteiger partial charge on any atom is 0.0385 e. The molecule has 0 heterocycles. The second-order valence-electron chi connectivity index (χ2n) is 9.04. The summed E-state index contributed by atoms with van der Waals surface area (Å²) in [5.41, 5.74) is 8.01. The van der Waals surface area contributed by atoms with Crippen LogP contribution in [0.3, 0.4) is 0 Å². The summed E-state index contributed by atoms with van der Waals surface area (Å²) in [7, 11) is 0. The van der Waals surface area contributed by atoms with Gasteiger partial charge in [-0.05, 0) is 87.0 Å². The van der Waals surface area contributed by atoms with E-state index in [1.165, 1.54) is 36.1 Å². The lowest BCUT2D eigenvalue weighted by Crippen LogP contribution is -2.18. The molecule has 0 saturated carbocycles. The number of rotatable bonds is 14. The molecule has 0 fully saturated rings. The van der Waals surface area contributed by atoms with E-state index in [0.29, 0.717) is 5.92 Å². The lowest BCUT2D eigenvalue weighted by atomic mass is 9.85. The maximum absolute atomic E-state index is 4.32. The molecule has 0 bridgehead atoms. The number of nitrogens with one attached hydrogen (secondary N) is 2. The van der Waals surface area contributed by atoms with Gasteiger partial charge in [0.15, 0.2) is 0 Å². The van der Waals surface area contributed by atoms with Gasteiger partial charge in [0.1, 0.15) is 0 Å². The summed E-state index contributed by atoms with van der Waals surface area (Å²) in [5, 5.41) is 7.06. The van der Waals surface area contributed by atoms with Gasteiger partial charge in [-0.15, -0.1) is 6.58 Å². The van der Waals surface area contributed by atoms with Gasteiger partial charge >= 0.3 is 0 Å². The zero-order valence-electron chi connectivity index (χ0n) is 21.3. The van der Waals surface area contributed by atoms with E-state index in [9.17, 15) is 0 Å². The predicted octanol–water partition coefficient (Wildman–Crippen LogP) is 8.31. The predicted molar refractivity (Wildman–Crippen MR) is 148 cm³/mol. The van der Waals surface area contributed by atoms with Crippen LogP contribution in [0.1, 0.15) is 76.0 Å². The van der Waals surface area contributed by atoms with E-state index in [0.717, 1.165) is 54.2 Å². The first-order valence-corrected chi connectivity index (χ1v) is 12.6. The molecule has 0 aliphatic heterocycles. The van der Waals surface area contributed by atoms with Crippen molar-refractivity contribution in [2.75, 3.05) is 6.54 Å². The molecule has 1 aromatic rings. The fourth-order valence-electron chi connectivity index (χ4n) is 4.33. The van der Waals surface area contributed by atoms with Crippen molar-refractivity contribution >= 4 is 11.4 Å². The molecule has 0 spiro atoms. The Balaban J connectivity index is 1.97. The third kappa shape index (κ3) is 7.96. The van der Waals surface area contributed by atoms with Crippen LogP contribution in [0, 0.1) is 18.8 Å². The zero-order valence-corrected chi connectivity index (χ0v) is 21.3. The summed E-state index contributed by atoms with van der Waals surface area (Å²) in [6.07, 6.45) is 17.9. The molecule has 178 valence electrons. The lowest BCUT2D eigenvalue weighted by molar-refractivity contribution is 0.530. The van der Waals surface area contributed by atoms with Gasteiger partial charge in [0.2, 0.25) is 0 Å². The molecule has 0 radical (unpaired) electrons. The molecule has 0 saturated heterocycles. The highest BCUT2D eigenvalue weighted by Gasteiger charge is 2.15. The van der Waals surface area contributed by atoms with Crippen molar-refractivity contribution in [2.24, 2.45) is 11.8 Å². The smallest absolute Gasteiger partial charge is 0.0385 e. The van der Waals surface area contributed by atoms with Crippen molar-refractivity contribution in [1.29, 1.82) is 0 Å². The normalized spacial score (nSPS) is 16.7. The molecule has 1 aromatic carbocycles. The summed E-state index contributed by atoms with van der Waals surface area (Å²) >= 11 is 0. The Morgan fingerprint density at radius 2 is 2.00 bits per heavy atom. The summed E-state index contributed by atoms with van der Waals surface area (Å²) < 4.78 is 0. The standard InChI is InChI=1S/C31H44N2/c1-8-12-13-30(11-4)33-25(7)31-22-29(17-14-23(31)5)24(6)32-21-20-27(10-3)28-18-15-26(9-2)16-19-28/h8,11,14-15,17-19,22,26-27,32-33H,1,6-7,9-10,12-13,16,20-21H2,2-5H3/b30-11+. The molecular weight excluding hydrogens is 400 g/mol. The van der Waals surface area contributed by atoms with Crippen molar-refractivity contribution in [3.63, 3.8) is 0 Å². The van der Waals surface area contributed by atoms with Crippen LogP contribution in [0.25, 0.3) is 11.4 Å². The van der Waals surface area contributed by atoms with E-state index >= 15 is 0 Å². The Bertz CT molecular complexity index is 913. The average Bonchev–Trinajstić information content (AvgIpc) is 2.84. The maximum atomic E-state index is 4.32. The Morgan fingerprint density at radius 3 is 2.61 bits per heavy atom. The third-order valence-electron chi connectivity index (χ3n) is 6.73. The first-order valence-electron chi connectivity index (χ1n) is 12.6. The second kappa shape index (κ2) is 13.7. The molecule has 2 N–H and O–H groups in total. The van der Waals surface area contributed by atoms with Gasteiger partial charge < -0.3 is 10.6 Å². The molecule has 0 amide bonds. The van der Waals surface area contributed by atoms with Crippen LogP contribution >= 0.6 is 0 Å². The summed E-state index contributed by atoms with van der Waals surface area (Å²) in [5.74, 6) is 1.32. The molecule has 1 aliphatic rings. The molecule has 2 atom stereocenters. The fraction of sp³-hybridized carbons (Fsp3) is 0.419. The average molecular weight is 445 g/mol. The summed E-state index contributed by atoms with van der Waals surface area (Å²) in [6.45, 7) is 22.1. The first-order chi connectivity index (χ1) is 15.9. The van der Waals surface area contributed by atoms with Gasteiger partial charge in [0, 0.05) is 29.2 Å². The number of aryl methyl sites for hydroxylation is 1. The van der Waals surface area contributed by atoms with Crippen molar-refractivity contribution < 1.29 is 0 Å². The first kappa shape index (κ1) is 26.5. The van der Waals surface area contributed by atoms with E-state index in [2.05, 4.69) is 101 Å². The highest BCUT2D eigenvalue weighted by molar-refractivity contribution is 5.72. The second-order valence-corrected chi connectivity index (χ2v) is 9.04. The fourth-order valence-corrected chi connectivity index (χ4v) is 4.33. The molecule has 2 rings (SSSR count). The number of allylic oxidation sites excluding steroid dienone is 7. The highest BCUT2D eigenvalue weighted by Crippen LogP contribution is 2.28. The van der Waals surface area contributed by atoms with E-state index in [1.807, 2.05) is 6.08 Å². The third-order valence-corrected chi connectivity index (χ3v) is 6.73. The van der Waals surface area contributed by atoms with Crippen LogP contribution in [-0.2, 0) is 0 Å². The van der Waals surface area contributed by atoms with E-state index in [4.69, 9.17) is 0 Å². The van der Waals surface area contributed by atoms with E-state index in [-0.39, 0.29) is 0 Å². The quantitative estimate of drug-likeness (QED) is 0.282. The lowest BCUT2D eigenvalue weighted by Gasteiger charge is -2.22. The minimum absolute atomic E-state index is 0.603. The number of benzene rings is 1. The Labute approximate surface area is 203 Å². The van der Waals surface area contributed by atoms with Crippen LogP contribution in [-0.4, -0.2) is 6.54 Å². The van der Waals surface area contributed by atoms with Crippen molar-refractivity contribution in [1.82, 2.24) is 10.6 Å². The van der Waals surface area contributed by atoms with Crippen LogP contribution in [0.15, 0.2) is 79.6 Å². The highest BCUT2D eigenvalue weighted by atomic mass is 14.9. The van der Waals surface area contributed by atoms with Crippen LogP contribution in [0.2, 0.25) is 0 Å².